The summed E-state index contributed by atoms with van der Waals surface area (Å²) in [5, 5.41) is 3.83. The van der Waals surface area contributed by atoms with Gasteiger partial charge in [-0.25, -0.2) is 0 Å². The molecule has 1 aliphatic rings. The van der Waals surface area contributed by atoms with Gasteiger partial charge < -0.3 is 10.1 Å². The van der Waals surface area contributed by atoms with Crippen LogP contribution < -0.4 is 10.1 Å². The Morgan fingerprint density at radius 1 is 0.909 bits per heavy atom. The van der Waals surface area contributed by atoms with Gasteiger partial charge in [-0.1, -0.05) is 53.6 Å². The number of imide groups is 1. The summed E-state index contributed by atoms with van der Waals surface area (Å²) in [6.45, 7) is 5.96. The van der Waals surface area contributed by atoms with Gasteiger partial charge in [0, 0.05) is 16.3 Å². The number of benzene rings is 3. The number of amides is 2. The number of carbonyl (C=O) groups is 2. The van der Waals surface area contributed by atoms with Gasteiger partial charge >= 0.3 is 0 Å². The van der Waals surface area contributed by atoms with E-state index in [2.05, 4.69) is 5.32 Å². The van der Waals surface area contributed by atoms with Gasteiger partial charge in [-0.2, -0.15) is 0 Å². The van der Waals surface area contributed by atoms with Crippen molar-refractivity contribution >= 4 is 34.7 Å². The van der Waals surface area contributed by atoms with Crippen LogP contribution in [0.3, 0.4) is 0 Å². The molecule has 6 heteroatoms. The number of para-hydroxylation sites is 1. The third-order valence-electron chi connectivity index (χ3n) is 5.79. The first kappa shape index (κ1) is 22.6. The Morgan fingerprint density at radius 2 is 1.67 bits per heavy atom. The maximum Gasteiger partial charge on any atom is 0.278 e. The van der Waals surface area contributed by atoms with Crippen LogP contribution in [0.1, 0.15) is 27.8 Å². The molecule has 1 heterocycles. The highest BCUT2D eigenvalue weighted by Crippen LogP contribution is 2.35. The highest BCUT2D eigenvalue weighted by molar-refractivity contribution is 6.36. The van der Waals surface area contributed by atoms with Crippen molar-refractivity contribution in [3.8, 4) is 5.75 Å². The predicted molar refractivity (Wildman–Crippen MR) is 131 cm³/mol. The van der Waals surface area contributed by atoms with Crippen molar-refractivity contribution in [2.24, 2.45) is 0 Å². The molecule has 168 valence electrons. The number of methoxy groups -OCH3 is 1. The minimum Gasteiger partial charge on any atom is -0.496 e. The van der Waals surface area contributed by atoms with Gasteiger partial charge in [0.2, 0.25) is 0 Å². The molecular formula is C27H25ClN2O3. The minimum atomic E-state index is -0.379. The molecule has 1 aliphatic heterocycles. The van der Waals surface area contributed by atoms with Gasteiger partial charge in [0.1, 0.15) is 11.4 Å². The number of nitrogens with zero attached hydrogens (tertiary/aromatic N) is 1. The highest BCUT2D eigenvalue weighted by atomic mass is 35.5. The van der Waals surface area contributed by atoms with E-state index in [1.54, 1.807) is 13.2 Å². The Balaban J connectivity index is 1.80. The third kappa shape index (κ3) is 4.37. The van der Waals surface area contributed by atoms with Crippen LogP contribution in [0.15, 0.2) is 66.4 Å². The van der Waals surface area contributed by atoms with Crippen molar-refractivity contribution < 1.29 is 14.3 Å². The second kappa shape index (κ2) is 9.12. The zero-order valence-electron chi connectivity index (χ0n) is 19.0. The van der Waals surface area contributed by atoms with Crippen LogP contribution in [0.5, 0.6) is 5.75 Å². The summed E-state index contributed by atoms with van der Waals surface area (Å²) in [5.74, 6) is -0.0941. The zero-order chi connectivity index (χ0) is 23.7. The second-order valence-electron chi connectivity index (χ2n) is 8.16. The molecule has 0 bridgehead atoms. The molecule has 0 radical (unpaired) electrons. The number of aryl methyl sites for hydroxylation is 3. The summed E-state index contributed by atoms with van der Waals surface area (Å²) in [5.41, 5.74) is 5.71. The molecule has 0 aromatic heterocycles. The monoisotopic (exact) mass is 460 g/mol. The largest absolute Gasteiger partial charge is 0.496 e. The van der Waals surface area contributed by atoms with Crippen LogP contribution in [0, 0.1) is 20.8 Å². The molecule has 3 aromatic carbocycles. The molecular weight excluding hydrogens is 436 g/mol. The van der Waals surface area contributed by atoms with Crippen molar-refractivity contribution in [3.05, 3.63) is 99.2 Å². The molecule has 0 spiro atoms. The zero-order valence-corrected chi connectivity index (χ0v) is 19.8. The molecule has 0 fully saturated rings. The summed E-state index contributed by atoms with van der Waals surface area (Å²) in [6, 6.07) is 18.6. The number of hydrogen-bond donors (Lipinski definition) is 1. The number of hydrogen-bond acceptors (Lipinski definition) is 4. The maximum atomic E-state index is 13.6. The van der Waals surface area contributed by atoms with Gasteiger partial charge in [0.25, 0.3) is 11.8 Å². The van der Waals surface area contributed by atoms with Crippen molar-refractivity contribution in [3.63, 3.8) is 0 Å². The fourth-order valence-electron chi connectivity index (χ4n) is 4.09. The Morgan fingerprint density at radius 3 is 2.36 bits per heavy atom. The first-order chi connectivity index (χ1) is 15.8. The van der Waals surface area contributed by atoms with Gasteiger partial charge in [-0.05, 0) is 61.7 Å². The molecule has 0 atom stereocenters. The number of nitrogens with one attached hydrogen (secondary N) is 1. The average Bonchev–Trinajstić information content (AvgIpc) is 3.00. The smallest absolute Gasteiger partial charge is 0.278 e. The van der Waals surface area contributed by atoms with E-state index in [0.717, 1.165) is 33.5 Å². The third-order valence-corrected chi connectivity index (χ3v) is 6.02. The molecule has 2 amide bonds. The van der Waals surface area contributed by atoms with Crippen molar-refractivity contribution in [1.82, 2.24) is 4.90 Å². The van der Waals surface area contributed by atoms with Crippen LogP contribution in [0.25, 0.3) is 5.57 Å². The topological polar surface area (TPSA) is 58.6 Å². The Bertz CT molecular complexity index is 1300. The van der Waals surface area contributed by atoms with Crippen LogP contribution >= 0.6 is 11.6 Å². The molecule has 4 rings (SSSR count). The summed E-state index contributed by atoms with van der Waals surface area (Å²) in [6.07, 6.45) is 0. The van der Waals surface area contributed by atoms with Gasteiger partial charge in [0.15, 0.2) is 0 Å². The second-order valence-corrected chi connectivity index (χ2v) is 8.60. The van der Waals surface area contributed by atoms with Crippen molar-refractivity contribution in [2.75, 3.05) is 12.4 Å². The fraction of sp³-hybridized carbons (Fsp3) is 0.185. The number of carbonyl (C=O) groups excluding carboxylic acids is 2. The Labute approximate surface area is 198 Å². The molecule has 33 heavy (non-hydrogen) atoms. The lowest BCUT2D eigenvalue weighted by molar-refractivity contribution is -0.137. The maximum absolute atomic E-state index is 13.6. The molecule has 1 N–H and O–H groups in total. The molecule has 5 nitrogen and oxygen atoms in total. The van der Waals surface area contributed by atoms with E-state index >= 15 is 0 Å². The molecule has 0 aliphatic carbocycles. The SMILES string of the molecule is COc1ccccc1CN1C(=O)C(Nc2ccc(Cl)cc2C)=C(c2ccc(C)cc2C)C1=O. The Kier molecular flexibility index (Phi) is 6.25. The molecule has 0 saturated heterocycles. The predicted octanol–water partition coefficient (Wildman–Crippen LogP) is 5.67. The van der Waals surface area contributed by atoms with E-state index in [1.807, 2.05) is 75.4 Å². The van der Waals surface area contributed by atoms with Crippen molar-refractivity contribution in [2.45, 2.75) is 27.3 Å². The van der Waals surface area contributed by atoms with Crippen LogP contribution in [-0.2, 0) is 16.1 Å². The van der Waals surface area contributed by atoms with Crippen LogP contribution in [-0.4, -0.2) is 23.8 Å². The van der Waals surface area contributed by atoms with E-state index in [9.17, 15) is 9.59 Å². The summed E-state index contributed by atoms with van der Waals surface area (Å²) in [7, 11) is 1.57. The number of rotatable bonds is 6. The molecule has 0 unspecified atom stereocenters. The summed E-state index contributed by atoms with van der Waals surface area (Å²) < 4.78 is 5.43. The van der Waals surface area contributed by atoms with E-state index in [0.29, 0.717) is 16.3 Å². The van der Waals surface area contributed by atoms with E-state index in [4.69, 9.17) is 16.3 Å². The summed E-state index contributed by atoms with van der Waals surface area (Å²) >= 11 is 6.11. The average molecular weight is 461 g/mol. The standard InChI is InChI=1S/C27H25ClN2O3/c1-16-9-11-21(17(2)13-16)24-25(29-22-12-10-20(28)14-18(22)3)27(32)30(26(24)31)15-19-7-5-6-8-23(19)33-4/h5-14,29H,15H2,1-4H3. The minimum absolute atomic E-state index is 0.112. The van der Waals surface area contributed by atoms with E-state index < -0.39 is 0 Å². The lowest BCUT2D eigenvalue weighted by Gasteiger charge is -2.17. The normalized spacial score (nSPS) is 13.7. The van der Waals surface area contributed by atoms with Crippen molar-refractivity contribution in [1.29, 1.82) is 0 Å². The quantitative estimate of drug-likeness (QED) is 0.482. The van der Waals surface area contributed by atoms with E-state index in [-0.39, 0.29) is 24.1 Å². The first-order valence-electron chi connectivity index (χ1n) is 10.6. The highest BCUT2D eigenvalue weighted by Gasteiger charge is 2.40. The van der Waals surface area contributed by atoms with Gasteiger partial charge in [-0.15, -0.1) is 0 Å². The molecule has 0 saturated carbocycles. The number of anilines is 1. The van der Waals surface area contributed by atoms with Crippen LogP contribution in [0.2, 0.25) is 5.02 Å². The summed E-state index contributed by atoms with van der Waals surface area (Å²) in [4.78, 5) is 28.5. The van der Waals surface area contributed by atoms with Gasteiger partial charge in [0.05, 0.1) is 19.2 Å². The molecule has 3 aromatic rings. The van der Waals surface area contributed by atoms with E-state index in [1.165, 1.54) is 4.90 Å². The number of ether oxygens (including phenoxy) is 1. The lowest BCUT2D eigenvalue weighted by Crippen LogP contribution is -2.32. The fourth-order valence-corrected chi connectivity index (χ4v) is 4.31. The van der Waals surface area contributed by atoms with Gasteiger partial charge in [-0.3, -0.25) is 14.5 Å². The lowest BCUT2D eigenvalue weighted by atomic mass is 9.97. The number of halogens is 1. The Hall–Kier alpha value is -3.57. The van der Waals surface area contributed by atoms with Crippen LogP contribution in [0.4, 0.5) is 5.69 Å². The first-order valence-corrected chi connectivity index (χ1v) is 11.0.